The van der Waals surface area contributed by atoms with E-state index in [1.54, 1.807) is 15.6 Å². The molecule has 0 aliphatic rings. The van der Waals surface area contributed by atoms with Gasteiger partial charge in [0.25, 0.3) is 0 Å². The fourth-order valence-electron chi connectivity index (χ4n) is 1.46. The number of hydrogen-bond donors (Lipinski definition) is 1. The maximum Gasteiger partial charge on any atom is 0.0762 e. The Labute approximate surface area is 94.4 Å². The first-order valence-corrected chi connectivity index (χ1v) is 5.13. The van der Waals surface area contributed by atoms with E-state index in [9.17, 15) is 0 Å². The van der Waals surface area contributed by atoms with Gasteiger partial charge < -0.3 is 5.32 Å². The van der Waals surface area contributed by atoms with Crippen LogP contribution in [0, 0.1) is 0 Å². The standard InChI is InChI=1S/C11H15N5/c1-3-16-9-10(7-13-16)6-12-8-11-4-5-15(2)14-11/h3-5,7,9,12H,1,6,8H2,2H3. The van der Waals surface area contributed by atoms with Crippen molar-refractivity contribution in [3.8, 4) is 0 Å². The van der Waals surface area contributed by atoms with Gasteiger partial charge in [0, 0.05) is 44.3 Å². The summed E-state index contributed by atoms with van der Waals surface area (Å²) >= 11 is 0. The summed E-state index contributed by atoms with van der Waals surface area (Å²) in [5.41, 5.74) is 2.18. The molecule has 0 saturated heterocycles. The lowest BCUT2D eigenvalue weighted by molar-refractivity contribution is 0.656. The zero-order valence-electron chi connectivity index (χ0n) is 9.30. The minimum Gasteiger partial charge on any atom is -0.307 e. The summed E-state index contributed by atoms with van der Waals surface area (Å²) in [5.74, 6) is 0. The van der Waals surface area contributed by atoms with Gasteiger partial charge in [-0.05, 0) is 6.07 Å². The van der Waals surface area contributed by atoms with Crippen molar-refractivity contribution in [1.82, 2.24) is 24.9 Å². The molecule has 0 aliphatic carbocycles. The first-order chi connectivity index (χ1) is 7.78. The van der Waals surface area contributed by atoms with Crippen molar-refractivity contribution in [3.05, 3.63) is 42.5 Å². The van der Waals surface area contributed by atoms with Crippen molar-refractivity contribution in [3.63, 3.8) is 0 Å². The average molecular weight is 217 g/mol. The number of aromatic nitrogens is 4. The van der Waals surface area contributed by atoms with Crippen molar-refractivity contribution in [2.45, 2.75) is 13.1 Å². The van der Waals surface area contributed by atoms with E-state index in [0.29, 0.717) is 0 Å². The molecule has 0 aliphatic heterocycles. The van der Waals surface area contributed by atoms with E-state index in [1.165, 1.54) is 0 Å². The van der Waals surface area contributed by atoms with Crippen LogP contribution in [0.5, 0.6) is 0 Å². The van der Waals surface area contributed by atoms with Crippen molar-refractivity contribution < 1.29 is 0 Å². The highest BCUT2D eigenvalue weighted by molar-refractivity contribution is 5.17. The molecule has 2 heterocycles. The predicted molar refractivity (Wildman–Crippen MR) is 62.4 cm³/mol. The Morgan fingerprint density at radius 2 is 2.38 bits per heavy atom. The second kappa shape index (κ2) is 4.76. The van der Waals surface area contributed by atoms with E-state index in [1.807, 2.05) is 31.7 Å². The Hall–Kier alpha value is -1.88. The molecule has 84 valence electrons. The Kier molecular flexibility index (Phi) is 3.16. The third-order valence-electron chi connectivity index (χ3n) is 2.25. The van der Waals surface area contributed by atoms with Crippen LogP contribution in [0.15, 0.2) is 31.2 Å². The maximum atomic E-state index is 4.28. The van der Waals surface area contributed by atoms with E-state index < -0.39 is 0 Å². The number of hydrogen-bond acceptors (Lipinski definition) is 3. The predicted octanol–water partition coefficient (Wildman–Crippen LogP) is 1.01. The van der Waals surface area contributed by atoms with Crippen LogP contribution in [-0.2, 0) is 20.1 Å². The molecule has 5 nitrogen and oxygen atoms in total. The molecule has 0 saturated carbocycles. The van der Waals surface area contributed by atoms with Crippen LogP contribution in [0.25, 0.3) is 6.20 Å². The largest absolute Gasteiger partial charge is 0.307 e. The smallest absolute Gasteiger partial charge is 0.0762 e. The van der Waals surface area contributed by atoms with E-state index in [0.717, 1.165) is 24.3 Å². The molecule has 0 radical (unpaired) electrons. The van der Waals surface area contributed by atoms with E-state index in [-0.39, 0.29) is 0 Å². The van der Waals surface area contributed by atoms with Gasteiger partial charge in [0.2, 0.25) is 0 Å². The zero-order valence-corrected chi connectivity index (χ0v) is 9.30. The molecule has 0 atom stereocenters. The molecule has 0 aromatic carbocycles. The highest BCUT2D eigenvalue weighted by atomic mass is 15.3. The second-order valence-electron chi connectivity index (χ2n) is 3.60. The molecule has 0 amide bonds. The molecule has 2 aromatic rings. The highest BCUT2D eigenvalue weighted by Crippen LogP contribution is 1.99. The maximum absolute atomic E-state index is 4.28. The van der Waals surface area contributed by atoms with Crippen LogP contribution in [-0.4, -0.2) is 19.6 Å². The monoisotopic (exact) mass is 217 g/mol. The SMILES string of the molecule is C=Cn1cc(CNCc2ccn(C)n2)cn1. The Bertz CT molecular complexity index is 468. The zero-order chi connectivity index (χ0) is 11.4. The molecule has 2 aromatic heterocycles. The topological polar surface area (TPSA) is 47.7 Å². The van der Waals surface area contributed by atoms with Gasteiger partial charge >= 0.3 is 0 Å². The molecule has 1 N–H and O–H groups in total. The van der Waals surface area contributed by atoms with Gasteiger partial charge in [-0.3, -0.25) is 4.68 Å². The van der Waals surface area contributed by atoms with Crippen LogP contribution < -0.4 is 5.32 Å². The molecule has 0 bridgehead atoms. The summed E-state index contributed by atoms with van der Waals surface area (Å²) < 4.78 is 3.49. The summed E-state index contributed by atoms with van der Waals surface area (Å²) in [5, 5.41) is 11.7. The van der Waals surface area contributed by atoms with Gasteiger partial charge in [-0.2, -0.15) is 10.2 Å². The van der Waals surface area contributed by atoms with E-state index >= 15 is 0 Å². The number of aryl methyl sites for hydroxylation is 1. The van der Waals surface area contributed by atoms with E-state index in [2.05, 4.69) is 22.1 Å². The normalized spacial score (nSPS) is 10.6. The van der Waals surface area contributed by atoms with Crippen LogP contribution in [0.1, 0.15) is 11.3 Å². The lowest BCUT2D eigenvalue weighted by Gasteiger charge is -1.99. The minimum atomic E-state index is 0.764. The molecular weight excluding hydrogens is 202 g/mol. The first kappa shape index (κ1) is 10.6. The van der Waals surface area contributed by atoms with Crippen molar-refractivity contribution in [2.75, 3.05) is 0 Å². The molecule has 5 heteroatoms. The third kappa shape index (κ3) is 2.58. The number of nitrogens with zero attached hydrogens (tertiary/aromatic N) is 4. The van der Waals surface area contributed by atoms with Gasteiger partial charge in [0.15, 0.2) is 0 Å². The lowest BCUT2D eigenvalue weighted by Crippen LogP contribution is -2.12. The number of nitrogens with one attached hydrogen (secondary N) is 1. The van der Waals surface area contributed by atoms with E-state index in [4.69, 9.17) is 0 Å². The van der Waals surface area contributed by atoms with Crippen molar-refractivity contribution in [2.24, 2.45) is 7.05 Å². The molecule has 0 unspecified atom stereocenters. The molecule has 0 fully saturated rings. The Morgan fingerprint density at radius 1 is 1.50 bits per heavy atom. The van der Waals surface area contributed by atoms with Gasteiger partial charge in [-0.25, -0.2) is 4.68 Å². The van der Waals surface area contributed by atoms with Crippen molar-refractivity contribution >= 4 is 6.20 Å². The minimum absolute atomic E-state index is 0.764. The summed E-state index contributed by atoms with van der Waals surface area (Å²) in [7, 11) is 1.91. The third-order valence-corrected chi connectivity index (χ3v) is 2.25. The molecule has 2 rings (SSSR count). The fourth-order valence-corrected chi connectivity index (χ4v) is 1.46. The molecule has 16 heavy (non-hydrogen) atoms. The van der Waals surface area contributed by atoms with Gasteiger partial charge in [-0.1, -0.05) is 6.58 Å². The second-order valence-corrected chi connectivity index (χ2v) is 3.60. The summed E-state index contributed by atoms with van der Waals surface area (Å²) in [6.45, 7) is 5.19. The van der Waals surface area contributed by atoms with Crippen LogP contribution in [0.4, 0.5) is 0 Å². The molecular formula is C11H15N5. The van der Waals surface area contributed by atoms with Crippen molar-refractivity contribution in [1.29, 1.82) is 0 Å². The quantitative estimate of drug-likeness (QED) is 0.813. The molecule has 0 spiro atoms. The lowest BCUT2D eigenvalue weighted by atomic mass is 10.3. The van der Waals surface area contributed by atoms with Gasteiger partial charge in [0.1, 0.15) is 0 Å². The summed E-state index contributed by atoms with van der Waals surface area (Å²) in [6.07, 6.45) is 7.38. The van der Waals surface area contributed by atoms with Crippen LogP contribution in [0.2, 0.25) is 0 Å². The average Bonchev–Trinajstić information content (AvgIpc) is 2.88. The Balaban J connectivity index is 1.81. The fraction of sp³-hybridized carbons (Fsp3) is 0.273. The summed E-state index contributed by atoms with van der Waals surface area (Å²) in [6, 6.07) is 2.00. The van der Waals surface area contributed by atoms with Crippen LogP contribution in [0.3, 0.4) is 0 Å². The highest BCUT2D eigenvalue weighted by Gasteiger charge is 1.98. The van der Waals surface area contributed by atoms with Gasteiger partial charge in [-0.15, -0.1) is 0 Å². The van der Waals surface area contributed by atoms with Gasteiger partial charge in [0.05, 0.1) is 11.9 Å². The number of rotatable bonds is 5. The Morgan fingerprint density at radius 3 is 3.00 bits per heavy atom. The first-order valence-electron chi connectivity index (χ1n) is 5.13. The summed E-state index contributed by atoms with van der Waals surface area (Å²) in [4.78, 5) is 0. The van der Waals surface area contributed by atoms with Crippen LogP contribution >= 0.6 is 0 Å².